The maximum absolute atomic E-state index is 10.8. The van der Waals surface area contributed by atoms with Crippen LogP contribution in [0.5, 0.6) is 11.5 Å². The summed E-state index contributed by atoms with van der Waals surface area (Å²) < 4.78 is 0. The van der Waals surface area contributed by atoms with Gasteiger partial charge in [-0.15, -0.1) is 0 Å². The fraction of sp³-hybridized carbons (Fsp3) is 0.182. The summed E-state index contributed by atoms with van der Waals surface area (Å²) >= 11 is 0. The Morgan fingerprint density at radius 2 is 1.12 bits per heavy atom. The van der Waals surface area contributed by atoms with E-state index in [0.717, 1.165) is 34.7 Å². The van der Waals surface area contributed by atoms with Gasteiger partial charge in [-0.25, -0.2) is 0 Å². The van der Waals surface area contributed by atoms with Gasteiger partial charge < -0.3 is 10.2 Å². The number of hydrogen-bond acceptors (Lipinski definition) is 4. The lowest BCUT2D eigenvalue weighted by atomic mass is 9.66. The molecule has 4 aromatic rings. The number of rotatable bonds is 2. The maximum Gasteiger partial charge on any atom is 0.145 e. The van der Waals surface area contributed by atoms with E-state index in [4.69, 9.17) is 0 Å². The maximum atomic E-state index is 10.8. The molecule has 4 nitrogen and oxygen atoms in total. The molecule has 2 aromatic heterocycles. The highest BCUT2D eigenvalue weighted by atomic mass is 16.3. The number of nitrogens with zero attached hydrogens (tertiary/aromatic N) is 2. The van der Waals surface area contributed by atoms with E-state index < -0.39 is 0 Å². The number of aromatic hydroxyl groups is 2. The minimum Gasteiger partial charge on any atom is -0.505 e. The van der Waals surface area contributed by atoms with Crippen LogP contribution in [-0.2, 0) is 0 Å². The summed E-state index contributed by atoms with van der Waals surface area (Å²) in [5, 5.41) is 23.4. The molecular weight excluding hydrogens is 324 g/mol. The quantitative estimate of drug-likeness (QED) is 0.546. The summed E-state index contributed by atoms with van der Waals surface area (Å²) in [5.74, 6) is 0.870. The summed E-state index contributed by atoms with van der Waals surface area (Å²) in [6, 6.07) is 15.6. The van der Waals surface area contributed by atoms with Gasteiger partial charge in [0.05, 0.1) is 0 Å². The lowest BCUT2D eigenvalue weighted by Crippen LogP contribution is -2.22. The minimum atomic E-state index is 0.175. The molecule has 2 N–H and O–H groups in total. The first-order valence-corrected chi connectivity index (χ1v) is 8.87. The van der Waals surface area contributed by atoms with E-state index in [2.05, 4.69) is 9.97 Å². The van der Waals surface area contributed by atoms with Crippen molar-refractivity contribution in [2.24, 2.45) is 0 Å². The molecule has 0 radical (unpaired) electrons. The largest absolute Gasteiger partial charge is 0.505 e. The Balaban J connectivity index is 1.59. The molecule has 0 aliphatic heterocycles. The van der Waals surface area contributed by atoms with Gasteiger partial charge in [0.1, 0.15) is 22.5 Å². The average molecular weight is 342 g/mol. The molecule has 128 valence electrons. The van der Waals surface area contributed by atoms with Crippen LogP contribution in [0.15, 0.2) is 60.9 Å². The minimum absolute atomic E-state index is 0.175. The van der Waals surface area contributed by atoms with Crippen molar-refractivity contribution in [3.63, 3.8) is 0 Å². The van der Waals surface area contributed by atoms with Crippen LogP contribution in [-0.4, -0.2) is 20.2 Å². The van der Waals surface area contributed by atoms with Crippen LogP contribution >= 0.6 is 0 Å². The molecule has 2 aromatic carbocycles. The highest BCUT2D eigenvalue weighted by Crippen LogP contribution is 2.54. The van der Waals surface area contributed by atoms with Gasteiger partial charge in [-0.3, -0.25) is 9.97 Å². The van der Waals surface area contributed by atoms with Crippen molar-refractivity contribution in [3.05, 3.63) is 72.1 Å². The first kappa shape index (κ1) is 15.1. The molecule has 0 saturated heterocycles. The lowest BCUT2D eigenvalue weighted by molar-refractivity contribution is 0.325. The van der Waals surface area contributed by atoms with Gasteiger partial charge in [-0.1, -0.05) is 36.4 Å². The third kappa shape index (κ3) is 2.15. The van der Waals surface area contributed by atoms with Gasteiger partial charge in [0.2, 0.25) is 0 Å². The first-order chi connectivity index (χ1) is 12.7. The summed E-state index contributed by atoms with van der Waals surface area (Å²) in [6.07, 6.45) is 5.36. The Bertz CT molecular complexity index is 1050. The zero-order valence-corrected chi connectivity index (χ0v) is 14.1. The standard InChI is InChI=1S/C22H18N2O2/c25-21-17(7-5-13-3-1-11-23-19(13)21)15-9-10-16(15)18-8-6-14-4-2-12-24-20(14)22(18)26/h1-8,11-12,15-16,25-26H,9-10H2/t15-,16-/m0/s1. The van der Waals surface area contributed by atoms with Gasteiger partial charge in [0, 0.05) is 23.2 Å². The zero-order valence-electron chi connectivity index (χ0n) is 14.1. The molecule has 2 atom stereocenters. The summed E-state index contributed by atoms with van der Waals surface area (Å²) in [7, 11) is 0. The summed E-state index contributed by atoms with van der Waals surface area (Å²) in [5.41, 5.74) is 3.10. The van der Waals surface area contributed by atoms with E-state index in [0.29, 0.717) is 11.0 Å². The molecular formula is C22H18N2O2. The van der Waals surface area contributed by atoms with Crippen molar-refractivity contribution in [2.45, 2.75) is 24.7 Å². The number of benzene rings is 2. The fourth-order valence-electron chi connectivity index (χ4n) is 4.13. The third-order valence-corrected chi connectivity index (χ3v) is 5.63. The van der Waals surface area contributed by atoms with Crippen LogP contribution < -0.4 is 0 Å². The second kappa shape index (κ2) is 5.70. The molecule has 0 unspecified atom stereocenters. The molecule has 4 heteroatoms. The van der Waals surface area contributed by atoms with E-state index >= 15 is 0 Å². The van der Waals surface area contributed by atoms with E-state index in [1.807, 2.05) is 48.5 Å². The van der Waals surface area contributed by atoms with Crippen LogP contribution in [0.2, 0.25) is 0 Å². The lowest BCUT2D eigenvalue weighted by Gasteiger charge is -2.38. The first-order valence-electron chi connectivity index (χ1n) is 8.87. The summed E-state index contributed by atoms with van der Waals surface area (Å²) in [4.78, 5) is 8.66. The highest BCUT2D eigenvalue weighted by Gasteiger charge is 2.37. The van der Waals surface area contributed by atoms with Crippen molar-refractivity contribution < 1.29 is 10.2 Å². The predicted molar refractivity (Wildman–Crippen MR) is 102 cm³/mol. The van der Waals surface area contributed by atoms with Crippen molar-refractivity contribution in [3.8, 4) is 11.5 Å². The Hall–Kier alpha value is -3.14. The van der Waals surface area contributed by atoms with Gasteiger partial charge in [0.25, 0.3) is 0 Å². The molecule has 2 heterocycles. The number of phenols is 2. The molecule has 1 saturated carbocycles. The third-order valence-electron chi connectivity index (χ3n) is 5.63. The number of aromatic nitrogens is 2. The smallest absolute Gasteiger partial charge is 0.145 e. The van der Waals surface area contributed by atoms with Gasteiger partial charge in [-0.2, -0.15) is 0 Å². The molecule has 0 spiro atoms. The SMILES string of the molecule is Oc1c([C@H]2CC[C@@H]2c2ccc3cccnc3c2O)ccc2cccnc12. The number of fused-ring (bicyclic) bond motifs is 2. The van der Waals surface area contributed by atoms with Crippen LogP contribution in [0.1, 0.15) is 35.8 Å². The molecule has 0 amide bonds. The topological polar surface area (TPSA) is 66.2 Å². The predicted octanol–water partition coefficient (Wildman–Crippen LogP) is 4.86. The molecule has 1 fully saturated rings. The van der Waals surface area contributed by atoms with E-state index in [1.165, 1.54) is 0 Å². The Kier molecular flexibility index (Phi) is 3.32. The molecule has 26 heavy (non-hydrogen) atoms. The second-order valence-corrected chi connectivity index (χ2v) is 6.95. The van der Waals surface area contributed by atoms with Crippen LogP contribution in [0.25, 0.3) is 21.8 Å². The van der Waals surface area contributed by atoms with E-state index in [9.17, 15) is 10.2 Å². The highest BCUT2D eigenvalue weighted by molar-refractivity contribution is 5.87. The Morgan fingerprint density at radius 1 is 0.654 bits per heavy atom. The van der Waals surface area contributed by atoms with E-state index in [1.54, 1.807) is 12.4 Å². The average Bonchev–Trinajstić information content (AvgIpc) is 2.66. The number of hydrogen-bond donors (Lipinski definition) is 2. The monoisotopic (exact) mass is 342 g/mol. The van der Waals surface area contributed by atoms with Gasteiger partial charge in [-0.05, 0) is 47.9 Å². The van der Waals surface area contributed by atoms with Crippen LogP contribution in [0, 0.1) is 0 Å². The Labute approximate surface area is 150 Å². The second-order valence-electron chi connectivity index (χ2n) is 6.95. The van der Waals surface area contributed by atoms with Gasteiger partial charge in [0.15, 0.2) is 0 Å². The van der Waals surface area contributed by atoms with Gasteiger partial charge >= 0.3 is 0 Å². The fourth-order valence-corrected chi connectivity index (χ4v) is 4.13. The van der Waals surface area contributed by atoms with Crippen LogP contribution in [0.3, 0.4) is 0 Å². The zero-order chi connectivity index (χ0) is 17.7. The molecule has 1 aliphatic rings. The van der Waals surface area contributed by atoms with Crippen molar-refractivity contribution in [1.82, 2.24) is 9.97 Å². The number of phenolic OH excluding ortho intramolecular Hbond substituents is 2. The molecule has 1 aliphatic carbocycles. The normalized spacial score (nSPS) is 19.5. The van der Waals surface area contributed by atoms with Crippen molar-refractivity contribution in [2.75, 3.05) is 0 Å². The molecule has 0 bridgehead atoms. The van der Waals surface area contributed by atoms with Crippen LogP contribution in [0.4, 0.5) is 0 Å². The summed E-state index contributed by atoms with van der Waals surface area (Å²) in [6.45, 7) is 0. The van der Waals surface area contributed by atoms with Crippen molar-refractivity contribution in [1.29, 1.82) is 0 Å². The van der Waals surface area contributed by atoms with E-state index in [-0.39, 0.29) is 23.3 Å². The Morgan fingerprint density at radius 3 is 1.54 bits per heavy atom. The molecule has 5 rings (SSSR count). The van der Waals surface area contributed by atoms with Crippen molar-refractivity contribution >= 4 is 21.8 Å². The number of pyridine rings is 2.